The SMILES string of the molecule is O=C(O)c1cc(-c2cccc(Br)c2)ncc1O. The fourth-order valence-corrected chi connectivity index (χ4v) is 1.82. The minimum absolute atomic E-state index is 0.157. The average Bonchev–Trinajstić information content (AvgIpc) is 2.29. The molecule has 1 aromatic carbocycles. The molecule has 0 amide bonds. The van der Waals surface area contributed by atoms with Gasteiger partial charge in [-0.1, -0.05) is 28.1 Å². The number of carbonyl (C=O) groups is 1. The Hall–Kier alpha value is -1.88. The van der Waals surface area contributed by atoms with E-state index in [4.69, 9.17) is 5.11 Å². The lowest BCUT2D eigenvalue weighted by Crippen LogP contribution is -1.98. The van der Waals surface area contributed by atoms with E-state index in [0.29, 0.717) is 5.69 Å². The molecule has 2 aromatic rings. The van der Waals surface area contributed by atoms with E-state index < -0.39 is 5.97 Å². The molecule has 0 fully saturated rings. The first-order valence-corrected chi connectivity index (χ1v) is 5.55. The Bertz CT molecular complexity index is 584. The second-order valence-electron chi connectivity index (χ2n) is 3.40. The summed E-state index contributed by atoms with van der Waals surface area (Å²) in [6, 6.07) is 8.68. The molecule has 0 aliphatic carbocycles. The molecule has 0 saturated carbocycles. The molecule has 0 saturated heterocycles. The summed E-state index contributed by atoms with van der Waals surface area (Å²) in [5, 5.41) is 18.2. The van der Waals surface area contributed by atoms with Crippen molar-refractivity contribution in [3.63, 3.8) is 0 Å². The van der Waals surface area contributed by atoms with Crippen LogP contribution in [-0.4, -0.2) is 21.2 Å². The van der Waals surface area contributed by atoms with Crippen LogP contribution in [0.3, 0.4) is 0 Å². The second kappa shape index (κ2) is 4.55. The highest BCUT2D eigenvalue weighted by Gasteiger charge is 2.12. The third-order valence-electron chi connectivity index (χ3n) is 2.23. The number of aromatic carboxylic acids is 1. The lowest BCUT2D eigenvalue weighted by atomic mass is 10.1. The van der Waals surface area contributed by atoms with Crippen LogP contribution in [-0.2, 0) is 0 Å². The molecular weight excluding hydrogens is 286 g/mol. The highest BCUT2D eigenvalue weighted by atomic mass is 79.9. The van der Waals surface area contributed by atoms with Crippen LogP contribution in [0.2, 0.25) is 0 Å². The maximum absolute atomic E-state index is 10.9. The van der Waals surface area contributed by atoms with Gasteiger partial charge in [0.05, 0.1) is 11.9 Å². The van der Waals surface area contributed by atoms with E-state index in [-0.39, 0.29) is 11.3 Å². The summed E-state index contributed by atoms with van der Waals surface area (Å²) >= 11 is 3.33. The van der Waals surface area contributed by atoms with Crippen molar-refractivity contribution >= 4 is 21.9 Å². The van der Waals surface area contributed by atoms with E-state index in [2.05, 4.69) is 20.9 Å². The number of nitrogens with zero attached hydrogens (tertiary/aromatic N) is 1. The molecular formula is C12H8BrNO3. The zero-order chi connectivity index (χ0) is 12.4. The molecule has 2 rings (SSSR count). The number of rotatable bonds is 2. The predicted molar refractivity (Wildman–Crippen MR) is 66.0 cm³/mol. The molecule has 0 unspecified atom stereocenters. The molecule has 0 bridgehead atoms. The van der Waals surface area contributed by atoms with Gasteiger partial charge in [-0.05, 0) is 18.2 Å². The summed E-state index contributed by atoms with van der Waals surface area (Å²) < 4.78 is 0.877. The zero-order valence-corrected chi connectivity index (χ0v) is 10.2. The minimum atomic E-state index is -1.18. The van der Waals surface area contributed by atoms with Crippen LogP contribution in [0.25, 0.3) is 11.3 Å². The number of carboxylic acid groups (broad SMARTS) is 1. The van der Waals surface area contributed by atoms with Crippen molar-refractivity contribution in [3.8, 4) is 17.0 Å². The summed E-state index contributed by atoms with van der Waals surface area (Å²) in [6.07, 6.45) is 1.14. The van der Waals surface area contributed by atoms with Gasteiger partial charge < -0.3 is 10.2 Å². The largest absolute Gasteiger partial charge is 0.505 e. The van der Waals surface area contributed by atoms with Gasteiger partial charge in [0.2, 0.25) is 0 Å². The third kappa shape index (κ3) is 2.45. The smallest absolute Gasteiger partial charge is 0.339 e. The van der Waals surface area contributed by atoms with Gasteiger partial charge in [0, 0.05) is 10.0 Å². The van der Waals surface area contributed by atoms with E-state index in [9.17, 15) is 9.90 Å². The standard InChI is InChI=1S/C12H8BrNO3/c13-8-3-1-2-7(4-8)10-5-9(12(16)17)11(15)6-14-10/h1-6,15H,(H,16,17). The highest BCUT2D eigenvalue weighted by molar-refractivity contribution is 9.10. The molecule has 0 aliphatic rings. The van der Waals surface area contributed by atoms with Crippen LogP contribution in [0.4, 0.5) is 0 Å². The fourth-order valence-electron chi connectivity index (χ4n) is 1.43. The summed E-state index contributed by atoms with van der Waals surface area (Å²) in [4.78, 5) is 14.9. The molecule has 4 nitrogen and oxygen atoms in total. The molecule has 17 heavy (non-hydrogen) atoms. The summed E-state index contributed by atoms with van der Waals surface area (Å²) in [5.41, 5.74) is 1.12. The monoisotopic (exact) mass is 293 g/mol. The van der Waals surface area contributed by atoms with Gasteiger partial charge in [0.1, 0.15) is 11.3 Å². The van der Waals surface area contributed by atoms with Gasteiger partial charge in [-0.15, -0.1) is 0 Å². The van der Waals surface area contributed by atoms with E-state index >= 15 is 0 Å². The Labute approximate surface area is 106 Å². The number of aromatic nitrogens is 1. The maximum atomic E-state index is 10.9. The second-order valence-corrected chi connectivity index (χ2v) is 4.32. The maximum Gasteiger partial charge on any atom is 0.339 e. The van der Waals surface area contributed by atoms with Crippen LogP contribution < -0.4 is 0 Å². The van der Waals surface area contributed by atoms with Crippen LogP contribution in [0, 0.1) is 0 Å². The average molecular weight is 294 g/mol. The minimum Gasteiger partial charge on any atom is -0.505 e. The molecule has 0 atom stereocenters. The number of hydrogen-bond donors (Lipinski definition) is 2. The van der Waals surface area contributed by atoms with Gasteiger partial charge in [-0.3, -0.25) is 4.98 Å². The lowest BCUT2D eigenvalue weighted by molar-refractivity contribution is 0.0693. The molecule has 2 N–H and O–H groups in total. The van der Waals surface area contributed by atoms with Crippen molar-refractivity contribution in [1.82, 2.24) is 4.98 Å². The molecule has 0 spiro atoms. The zero-order valence-electron chi connectivity index (χ0n) is 8.59. The Morgan fingerprint density at radius 3 is 2.71 bits per heavy atom. The van der Waals surface area contributed by atoms with E-state index in [1.807, 2.05) is 24.3 Å². The Balaban J connectivity index is 2.54. The van der Waals surface area contributed by atoms with E-state index in [1.165, 1.54) is 6.07 Å². The van der Waals surface area contributed by atoms with E-state index in [1.54, 1.807) is 0 Å². The molecule has 1 heterocycles. The number of aromatic hydroxyl groups is 1. The first-order chi connectivity index (χ1) is 8.08. The predicted octanol–water partition coefficient (Wildman–Crippen LogP) is 2.91. The van der Waals surface area contributed by atoms with Crippen molar-refractivity contribution in [2.75, 3.05) is 0 Å². The van der Waals surface area contributed by atoms with E-state index in [0.717, 1.165) is 16.2 Å². The van der Waals surface area contributed by atoms with Crippen LogP contribution in [0.1, 0.15) is 10.4 Å². The lowest BCUT2D eigenvalue weighted by Gasteiger charge is -2.04. The third-order valence-corrected chi connectivity index (χ3v) is 2.73. The molecule has 5 heteroatoms. The van der Waals surface area contributed by atoms with Gasteiger partial charge >= 0.3 is 5.97 Å². The number of pyridine rings is 1. The number of carboxylic acids is 1. The van der Waals surface area contributed by atoms with Crippen molar-refractivity contribution in [3.05, 3.63) is 46.6 Å². The van der Waals surface area contributed by atoms with Gasteiger partial charge in [-0.2, -0.15) is 0 Å². The summed E-state index contributed by atoms with van der Waals surface area (Å²) in [6.45, 7) is 0. The first kappa shape index (κ1) is 11.6. The molecule has 0 radical (unpaired) electrons. The number of benzene rings is 1. The van der Waals surface area contributed by atoms with Gasteiger partial charge in [0.25, 0.3) is 0 Å². The summed E-state index contributed by atoms with van der Waals surface area (Å²) in [7, 11) is 0. The topological polar surface area (TPSA) is 70.4 Å². The van der Waals surface area contributed by atoms with Gasteiger partial charge in [0.15, 0.2) is 0 Å². The van der Waals surface area contributed by atoms with Crippen LogP contribution in [0.5, 0.6) is 5.75 Å². The van der Waals surface area contributed by atoms with Crippen molar-refractivity contribution in [2.45, 2.75) is 0 Å². The fraction of sp³-hybridized carbons (Fsp3) is 0. The van der Waals surface area contributed by atoms with Gasteiger partial charge in [-0.25, -0.2) is 4.79 Å². The number of hydrogen-bond acceptors (Lipinski definition) is 3. The first-order valence-electron chi connectivity index (χ1n) is 4.76. The molecule has 0 aliphatic heterocycles. The number of halogens is 1. The normalized spacial score (nSPS) is 10.2. The quantitative estimate of drug-likeness (QED) is 0.893. The van der Waals surface area contributed by atoms with Crippen LogP contribution in [0.15, 0.2) is 41.0 Å². The molecule has 86 valence electrons. The van der Waals surface area contributed by atoms with Crippen molar-refractivity contribution in [1.29, 1.82) is 0 Å². The molecule has 1 aromatic heterocycles. The van der Waals surface area contributed by atoms with Crippen molar-refractivity contribution < 1.29 is 15.0 Å². The Morgan fingerprint density at radius 1 is 1.29 bits per heavy atom. The Morgan fingerprint density at radius 2 is 2.06 bits per heavy atom. The Kier molecular flexibility index (Phi) is 3.10. The van der Waals surface area contributed by atoms with Crippen LogP contribution >= 0.6 is 15.9 Å². The van der Waals surface area contributed by atoms with Crippen molar-refractivity contribution in [2.24, 2.45) is 0 Å². The highest BCUT2D eigenvalue weighted by Crippen LogP contribution is 2.25. The summed E-state index contributed by atoms with van der Waals surface area (Å²) in [5.74, 6) is -1.52.